The fraction of sp³-hybridized carbons (Fsp3) is 0.417. The maximum atomic E-state index is 8.72. The van der Waals surface area contributed by atoms with Crippen LogP contribution in [0.2, 0.25) is 10.0 Å². The van der Waals surface area contributed by atoms with Crippen molar-refractivity contribution in [3.63, 3.8) is 0 Å². The molecule has 2 nitrogen and oxygen atoms in total. The van der Waals surface area contributed by atoms with E-state index in [9.17, 15) is 0 Å². The van der Waals surface area contributed by atoms with E-state index in [1.54, 1.807) is 12.1 Å². The molecule has 1 aromatic carbocycles. The van der Waals surface area contributed by atoms with Crippen molar-refractivity contribution in [2.45, 2.75) is 19.3 Å². The van der Waals surface area contributed by atoms with E-state index in [-0.39, 0.29) is 5.41 Å². The Morgan fingerprint density at radius 2 is 2.06 bits per heavy atom. The third-order valence-corrected chi connectivity index (χ3v) is 4.41. The van der Waals surface area contributed by atoms with Crippen molar-refractivity contribution < 1.29 is 4.74 Å². The lowest BCUT2D eigenvalue weighted by molar-refractivity contribution is 0.237. The molecule has 5 heteroatoms. The minimum absolute atomic E-state index is 0.0393. The second-order valence-corrected chi connectivity index (χ2v) is 5.99. The SMILES string of the molecule is N#CCC1(COc2cc(Cl)c(Br)cc2Cl)CC1. The molecule has 90 valence electrons. The minimum atomic E-state index is 0.0393. The number of nitriles is 1. The van der Waals surface area contributed by atoms with E-state index < -0.39 is 0 Å². The summed E-state index contributed by atoms with van der Waals surface area (Å²) in [5.41, 5.74) is 0.0393. The molecule has 0 amide bonds. The standard InChI is InChI=1S/C12H10BrCl2NO/c13-8-5-10(15)11(6-9(8)14)17-7-12(1-2-12)3-4-16/h5-6H,1-3,7H2. The largest absolute Gasteiger partial charge is 0.491 e. The Kier molecular flexibility index (Phi) is 3.87. The molecule has 0 unspecified atom stereocenters. The molecule has 0 atom stereocenters. The van der Waals surface area contributed by atoms with Crippen LogP contribution in [-0.4, -0.2) is 6.61 Å². The Morgan fingerprint density at radius 3 is 2.65 bits per heavy atom. The number of halogens is 3. The Morgan fingerprint density at radius 1 is 1.35 bits per heavy atom. The van der Waals surface area contributed by atoms with E-state index in [2.05, 4.69) is 22.0 Å². The molecule has 1 aromatic rings. The van der Waals surface area contributed by atoms with Gasteiger partial charge in [0.25, 0.3) is 0 Å². The van der Waals surface area contributed by atoms with Crippen LogP contribution in [0.3, 0.4) is 0 Å². The summed E-state index contributed by atoms with van der Waals surface area (Å²) in [6.07, 6.45) is 2.62. The monoisotopic (exact) mass is 333 g/mol. The summed E-state index contributed by atoms with van der Waals surface area (Å²) >= 11 is 15.3. The summed E-state index contributed by atoms with van der Waals surface area (Å²) < 4.78 is 6.41. The van der Waals surface area contributed by atoms with Crippen LogP contribution in [-0.2, 0) is 0 Å². The number of hydrogen-bond donors (Lipinski definition) is 0. The second-order valence-electron chi connectivity index (χ2n) is 4.32. The average molecular weight is 335 g/mol. The predicted octanol–water partition coefficient (Wildman–Crippen LogP) is 4.83. The lowest BCUT2D eigenvalue weighted by Gasteiger charge is -2.14. The van der Waals surface area contributed by atoms with E-state index in [0.717, 1.165) is 17.3 Å². The summed E-state index contributed by atoms with van der Waals surface area (Å²) in [6, 6.07) is 5.60. The van der Waals surface area contributed by atoms with Gasteiger partial charge in [-0.15, -0.1) is 0 Å². The van der Waals surface area contributed by atoms with Gasteiger partial charge in [0.05, 0.1) is 22.7 Å². The summed E-state index contributed by atoms with van der Waals surface area (Å²) in [7, 11) is 0. The molecule has 1 aliphatic rings. The maximum absolute atomic E-state index is 8.72. The molecule has 0 radical (unpaired) electrons. The van der Waals surface area contributed by atoms with Gasteiger partial charge in [-0.05, 0) is 34.8 Å². The minimum Gasteiger partial charge on any atom is -0.491 e. The molecule has 0 heterocycles. The molecule has 1 saturated carbocycles. The third-order valence-electron chi connectivity index (χ3n) is 2.92. The topological polar surface area (TPSA) is 33.0 Å². The highest BCUT2D eigenvalue weighted by Gasteiger charge is 2.43. The van der Waals surface area contributed by atoms with Crippen LogP contribution in [0.1, 0.15) is 19.3 Å². The van der Waals surface area contributed by atoms with Gasteiger partial charge in [-0.3, -0.25) is 0 Å². The molecule has 1 fully saturated rings. The fourth-order valence-electron chi connectivity index (χ4n) is 1.56. The predicted molar refractivity (Wildman–Crippen MR) is 71.6 cm³/mol. The highest BCUT2D eigenvalue weighted by atomic mass is 79.9. The Labute approximate surface area is 119 Å². The molecule has 1 aliphatic carbocycles. The van der Waals surface area contributed by atoms with Crippen LogP contribution < -0.4 is 4.74 Å². The van der Waals surface area contributed by atoms with Crippen molar-refractivity contribution in [2.24, 2.45) is 5.41 Å². The normalized spacial score (nSPS) is 16.4. The van der Waals surface area contributed by atoms with Crippen LogP contribution in [0.25, 0.3) is 0 Å². The van der Waals surface area contributed by atoms with Gasteiger partial charge in [0.1, 0.15) is 5.75 Å². The van der Waals surface area contributed by atoms with Crippen molar-refractivity contribution in [1.29, 1.82) is 5.26 Å². The Hall–Kier alpha value is -0.430. The van der Waals surface area contributed by atoms with Crippen molar-refractivity contribution in [3.8, 4) is 11.8 Å². The van der Waals surface area contributed by atoms with Crippen LogP contribution in [0.5, 0.6) is 5.75 Å². The van der Waals surface area contributed by atoms with Gasteiger partial charge in [-0.1, -0.05) is 23.2 Å². The van der Waals surface area contributed by atoms with Gasteiger partial charge in [0, 0.05) is 22.4 Å². The maximum Gasteiger partial charge on any atom is 0.139 e. The molecule has 0 aromatic heterocycles. The summed E-state index contributed by atoms with van der Waals surface area (Å²) in [4.78, 5) is 0. The number of benzene rings is 1. The van der Waals surface area contributed by atoms with Crippen molar-refractivity contribution in [2.75, 3.05) is 6.61 Å². The van der Waals surface area contributed by atoms with Gasteiger partial charge in [0.15, 0.2) is 0 Å². The zero-order chi connectivity index (χ0) is 12.5. The Balaban J connectivity index is 2.05. The molecule has 0 aliphatic heterocycles. The van der Waals surface area contributed by atoms with Gasteiger partial charge in [0.2, 0.25) is 0 Å². The summed E-state index contributed by atoms with van der Waals surface area (Å²) in [5, 5.41) is 9.80. The van der Waals surface area contributed by atoms with Gasteiger partial charge in [-0.2, -0.15) is 5.26 Å². The number of ether oxygens (including phenoxy) is 1. The van der Waals surface area contributed by atoms with Gasteiger partial charge < -0.3 is 4.74 Å². The fourth-order valence-corrected chi connectivity index (χ4v) is 2.41. The van der Waals surface area contributed by atoms with Crippen molar-refractivity contribution in [3.05, 3.63) is 26.7 Å². The first-order chi connectivity index (χ1) is 8.06. The first-order valence-electron chi connectivity index (χ1n) is 5.21. The van der Waals surface area contributed by atoms with E-state index in [1.165, 1.54) is 0 Å². The van der Waals surface area contributed by atoms with E-state index in [1.807, 2.05) is 0 Å². The molecule has 0 bridgehead atoms. The Bertz CT molecular complexity index is 480. The number of rotatable bonds is 4. The molecular formula is C12H10BrCl2NO. The summed E-state index contributed by atoms with van der Waals surface area (Å²) in [5.74, 6) is 0.573. The highest BCUT2D eigenvalue weighted by Crippen LogP contribution is 2.49. The molecular weight excluding hydrogens is 325 g/mol. The molecule has 0 saturated heterocycles. The lowest BCUT2D eigenvalue weighted by Crippen LogP contribution is -2.12. The third kappa shape index (κ3) is 3.07. The van der Waals surface area contributed by atoms with Crippen molar-refractivity contribution in [1.82, 2.24) is 0 Å². The van der Waals surface area contributed by atoms with Crippen LogP contribution in [0.15, 0.2) is 16.6 Å². The molecule has 0 spiro atoms. The molecule has 17 heavy (non-hydrogen) atoms. The zero-order valence-corrected chi connectivity index (χ0v) is 12.1. The number of hydrogen-bond acceptors (Lipinski definition) is 2. The van der Waals surface area contributed by atoms with Crippen LogP contribution in [0, 0.1) is 16.7 Å². The van der Waals surface area contributed by atoms with Crippen LogP contribution >= 0.6 is 39.1 Å². The average Bonchev–Trinajstić information content (AvgIpc) is 3.03. The molecule has 0 N–H and O–H groups in total. The zero-order valence-electron chi connectivity index (χ0n) is 8.97. The lowest BCUT2D eigenvalue weighted by atomic mass is 10.1. The van der Waals surface area contributed by atoms with E-state index in [0.29, 0.717) is 28.8 Å². The highest BCUT2D eigenvalue weighted by molar-refractivity contribution is 9.10. The smallest absolute Gasteiger partial charge is 0.139 e. The van der Waals surface area contributed by atoms with E-state index >= 15 is 0 Å². The van der Waals surface area contributed by atoms with Gasteiger partial charge in [-0.25, -0.2) is 0 Å². The van der Waals surface area contributed by atoms with Crippen molar-refractivity contribution >= 4 is 39.1 Å². The van der Waals surface area contributed by atoms with E-state index in [4.69, 9.17) is 33.2 Å². The quantitative estimate of drug-likeness (QED) is 0.739. The first kappa shape index (κ1) is 13.0. The number of nitrogens with zero attached hydrogens (tertiary/aromatic N) is 1. The molecule has 2 rings (SSSR count). The first-order valence-corrected chi connectivity index (χ1v) is 6.75. The van der Waals surface area contributed by atoms with Gasteiger partial charge >= 0.3 is 0 Å². The summed E-state index contributed by atoms with van der Waals surface area (Å²) in [6.45, 7) is 0.526. The van der Waals surface area contributed by atoms with Crippen LogP contribution in [0.4, 0.5) is 0 Å². The second kappa shape index (κ2) is 5.06.